The second kappa shape index (κ2) is 48.0. The molecule has 436 valence electrons. The smallest absolute Gasteiger partial charge is 0.152 e. The van der Waals surface area contributed by atoms with Crippen LogP contribution >= 0.6 is 0 Å². The summed E-state index contributed by atoms with van der Waals surface area (Å²) in [7, 11) is 9.91. The van der Waals surface area contributed by atoms with E-state index >= 15 is 0 Å². The summed E-state index contributed by atoms with van der Waals surface area (Å²) >= 11 is 0. The van der Waals surface area contributed by atoms with E-state index in [4.69, 9.17) is 31.4 Å². The average molecular weight is 1080 g/mol. The lowest BCUT2D eigenvalue weighted by atomic mass is 9.72. The summed E-state index contributed by atoms with van der Waals surface area (Å²) in [6.07, 6.45) is 15.4. The summed E-state index contributed by atoms with van der Waals surface area (Å²) in [4.78, 5) is 20.5. The predicted molar refractivity (Wildman–Crippen MR) is 352 cm³/mol. The van der Waals surface area contributed by atoms with Gasteiger partial charge in [0.05, 0.1) is 18.3 Å². The fraction of sp³-hybridized carbons (Fsp3) is 0.364. The van der Waals surface area contributed by atoms with Crippen LogP contribution in [0.2, 0.25) is 0 Å². The number of likely N-dealkylation sites (N-methyl/N-ethyl adjacent to an activating group) is 2. The Morgan fingerprint density at radius 2 is 0.731 bits per heavy atom. The van der Waals surface area contributed by atoms with E-state index in [0.29, 0.717) is 0 Å². The van der Waals surface area contributed by atoms with Crippen molar-refractivity contribution in [2.75, 3.05) is 48.4 Å². The van der Waals surface area contributed by atoms with E-state index in [2.05, 4.69) is 208 Å². The van der Waals surface area contributed by atoms with Crippen molar-refractivity contribution in [3.8, 4) is 190 Å². The third kappa shape index (κ3) is 36.9. The lowest BCUT2D eigenvalue weighted by Gasteiger charge is -2.40. The molecule has 5 N–H and O–H groups in total. The van der Waals surface area contributed by atoms with Crippen LogP contribution in [0.3, 0.4) is 0 Å². The Morgan fingerprint density at radius 3 is 0.962 bits per heavy atom. The average Bonchev–Trinajstić information content (AvgIpc) is 0.832. The van der Waals surface area contributed by atoms with Crippen molar-refractivity contribution in [2.45, 2.75) is 108 Å². The molecule has 0 amide bonds. The maximum atomic E-state index is 11.1. The molecule has 2 aliphatic carbocycles. The van der Waals surface area contributed by atoms with Crippen molar-refractivity contribution >= 4 is 0 Å². The van der Waals surface area contributed by atoms with E-state index in [1.165, 1.54) is 29.1 Å². The first-order valence-electron chi connectivity index (χ1n) is 24.0. The number of aromatic hydroxyl groups is 1. The lowest BCUT2D eigenvalue weighted by Crippen LogP contribution is -2.42. The van der Waals surface area contributed by atoms with Gasteiger partial charge in [-0.25, -0.2) is 0 Å². The van der Waals surface area contributed by atoms with Gasteiger partial charge in [0.25, 0.3) is 0 Å². The van der Waals surface area contributed by atoms with E-state index in [9.17, 15) is 15.3 Å². The van der Waals surface area contributed by atoms with Gasteiger partial charge in [-0.05, 0) is 264 Å². The van der Waals surface area contributed by atoms with Crippen molar-refractivity contribution in [1.29, 1.82) is 0 Å². The normalized spacial score (nSPS) is 12.0. The molecule has 2 aromatic rings. The number of terminal acetylenes is 1. The van der Waals surface area contributed by atoms with E-state index < -0.39 is 11.2 Å². The van der Waals surface area contributed by atoms with Crippen LogP contribution in [-0.2, 0) is 0 Å². The molecule has 0 aliphatic heterocycles. The number of hydrogen-bond donors (Lipinski definition) is 5. The monoisotopic (exact) mass is 1080 g/mol. The predicted octanol–water partition coefficient (Wildman–Crippen LogP) is 12.7. The Kier molecular flexibility index (Phi) is 43.2. The number of hydrogen-bond acceptors (Lipinski definition) is 10. The van der Waals surface area contributed by atoms with Crippen LogP contribution in [0.1, 0.15) is 136 Å². The molecule has 0 bridgehead atoms. The molecule has 12 nitrogen and oxygen atoms in total. The van der Waals surface area contributed by atoms with Crippen molar-refractivity contribution < 1.29 is 59.0 Å². The Morgan fingerprint density at radius 1 is 0.487 bits per heavy atom. The first-order valence-corrected chi connectivity index (χ1v) is 24.0. The van der Waals surface area contributed by atoms with E-state index in [0.717, 1.165) is 75.8 Å². The summed E-state index contributed by atoms with van der Waals surface area (Å²) in [5.41, 5.74) is 1.18. The molecule has 0 spiro atoms. The van der Waals surface area contributed by atoms with Crippen molar-refractivity contribution in [3.63, 3.8) is 0 Å². The van der Waals surface area contributed by atoms with Crippen molar-refractivity contribution in [1.82, 2.24) is 9.80 Å². The van der Waals surface area contributed by atoms with E-state index in [1.807, 2.05) is 38.4 Å². The summed E-state index contributed by atoms with van der Waals surface area (Å²) in [6, 6.07) is 15.5. The molecule has 0 saturated heterocycles. The highest BCUT2D eigenvalue weighted by molar-refractivity contribution is 5.47. The number of ether oxygens (including phenoxy) is 1. The summed E-state index contributed by atoms with van der Waals surface area (Å²) < 4.78 is 5.23. The van der Waals surface area contributed by atoms with Crippen LogP contribution in [-0.4, -0.2) is 95.1 Å². The molecule has 2 fully saturated rings. The first-order chi connectivity index (χ1) is 37.7. The van der Waals surface area contributed by atoms with E-state index in [1.54, 1.807) is 40.0 Å². The Balaban J connectivity index is -0.0000000359. The van der Waals surface area contributed by atoms with Gasteiger partial charge in [-0.3, -0.25) is 0 Å². The minimum absolute atomic E-state index is 0. The number of methoxy groups -OCH3 is 1. The molecule has 0 aromatic heterocycles. The van der Waals surface area contributed by atoms with Gasteiger partial charge in [0.15, 0.2) is 10.7 Å². The van der Waals surface area contributed by atoms with E-state index in [-0.39, 0.29) is 46.1 Å². The number of nitrogens with zero attached hydrogens (tertiary/aromatic N) is 4. The fourth-order valence-corrected chi connectivity index (χ4v) is 7.35. The molecule has 2 aromatic carbocycles. The molecule has 78 heavy (non-hydrogen) atoms. The number of phenolic OH excluding ortho intramolecular Hbond substituents is 1. The highest BCUT2D eigenvalue weighted by Gasteiger charge is 2.40. The van der Waals surface area contributed by atoms with Gasteiger partial charge >= 0.3 is 0 Å². The molecular formula is C66H104N4O8. The van der Waals surface area contributed by atoms with Gasteiger partial charge in [-0.1, -0.05) is 80.6 Å². The zero-order chi connectivity index (χ0) is 58.4. The quantitative estimate of drug-likeness (QED) is 0.0923. The second-order valence-electron chi connectivity index (χ2n) is 16.5. The summed E-state index contributed by atoms with van der Waals surface area (Å²) in [6.45, 7) is 6.83. The van der Waals surface area contributed by atoms with Crippen LogP contribution < -0.4 is 4.74 Å². The molecule has 12 heteroatoms. The molecular weight excluding hydrogens is 977 g/mol. The SMILES string of the molecule is C#CC#CC#CC#CC#CC#CC#CC#CC.CC#CC#CC#CC#CC#CC#CC#CC.CN(C)CC(c1ccc(O)cc1)C1(O)CCCCC1.COc1ccc(C(CN(C)C)C2(O)CCCCC2)cc1.O=NO.O=NO.[HH].[HH].[HH].[HH].[HH].[HH].[HH].[HH].[HH].[HH].[HH].[HH].[HH].[HH].[HH].[HH].[HH].[HH].[HH].[HH]. The fourth-order valence-electron chi connectivity index (χ4n) is 7.35. The highest BCUT2D eigenvalue weighted by Crippen LogP contribution is 2.42. The summed E-state index contributed by atoms with van der Waals surface area (Å²) in [5.74, 6) is 73.9. The first kappa shape index (κ1) is 70.2. The maximum absolute atomic E-state index is 11.1. The molecule has 4 rings (SSSR count). The van der Waals surface area contributed by atoms with Crippen LogP contribution in [0, 0.1) is 188 Å². The van der Waals surface area contributed by atoms with Crippen LogP contribution in [0.15, 0.2) is 59.2 Å². The molecule has 2 unspecified atom stereocenters. The number of phenols is 1. The summed E-state index contributed by atoms with van der Waals surface area (Å²) in [5, 5.41) is 47.3. The van der Waals surface area contributed by atoms with Gasteiger partial charge in [0.1, 0.15) is 11.5 Å². The van der Waals surface area contributed by atoms with Crippen LogP contribution in [0.25, 0.3) is 0 Å². The lowest BCUT2D eigenvalue weighted by molar-refractivity contribution is -0.0280. The van der Waals surface area contributed by atoms with Gasteiger partial charge in [0, 0.05) is 53.5 Å². The Labute approximate surface area is 494 Å². The molecule has 2 atom stereocenters. The minimum Gasteiger partial charge on any atom is -0.508 e. The second-order valence-corrected chi connectivity index (χ2v) is 16.5. The third-order valence-electron chi connectivity index (χ3n) is 10.5. The van der Waals surface area contributed by atoms with Crippen LogP contribution in [0.4, 0.5) is 0 Å². The Bertz CT molecular complexity index is 3160. The largest absolute Gasteiger partial charge is 0.508 e. The molecule has 0 heterocycles. The third-order valence-corrected chi connectivity index (χ3v) is 10.5. The molecule has 2 aliphatic rings. The Hall–Kier alpha value is -9.92. The van der Waals surface area contributed by atoms with Gasteiger partial charge in [0.2, 0.25) is 0 Å². The zero-order valence-electron chi connectivity index (χ0n) is 45.6. The van der Waals surface area contributed by atoms with Gasteiger partial charge in [-0.15, -0.1) is 16.2 Å². The van der Waals surface area contributed by atoms with Gasteiger partial charge < -0.3 is 40.3 Å². The zero-order valence-corrected chi connectivity index (χ0v) is 45.6. The standard InChI is InChI=1S/C17H27NO2.C17H4.C16H25NO2.C16H6.2HNO2.20H2/c1-18(2)13-16(17(19)11-5-4-6-12-17)14-7-9-15(20-3)10-8-14;1-3-5-7-9-11-13-15-17-16-14-12-10-8-6-4-2;1-17(2)12-15(13-6-8-14(18)9-7-13)16(19)10-4-3-5-11-16;1-3-5-7-9-11-13-15-16-14-12-10-8-6-4-2;2*2-1-3;;;;;;;;;;;;;;;;;;;;/h7-10,16,19H,4-6,11-13H2,1-3H3;1H,2H3;6-9,15,18-19H,3-5,10-12H2,1-2H3;1-2H3;2*(H,2,3);20*1H. The number of benzene rings is 2. The van der Waals surface area contributed by atoms with Crippen molar-refractivity contribution in [3.05, 3.63) is 69.5 Å². The maximum Gasteiger partial charge on any atom is 0.152 e. The molecule has 2 saturated carbocycles. The highest BCUT2D eigenvalue weighted by atomic mass is 16.6. The number of rotatable bonds is 9. The van der Waals surface area contributed by atoms with Gasteiger partial charge in [-0.2, -0.15) is 0 Å². The topological polar surface area (TPSA) is 176 Å². The molecule has 0 radical (unpaired) electrons. The minimum atomic E-state index is -0.598. The van der Waals surface area contributed by atoms with Crippen molar-refractivity contribution in [2.24, 2.45) is 10.7 Å². The number of aliphatic hydroxyl groups is 2. The van der Waals surface area contributed by atoms with Crippen LogP contribution in [0.5, 0.6) is 11.5 Å².